The van der Waals surface area contributed by atoms with Crippen LogP contribution in [0.4, 0.5) is 5.69 Å². The topological polar surface area (TPSA) is 98.6 Å². The summed E-state index contributed by atoms with van der Waals surface area (Å²) in [6.07, 6.45) is 0. The molecular formula is C26H28N4O2S. The van der Waals surface area contributed by atoms with E-state index in [-0.39, 0.29) is 22.0 Å². The number of carbonyl (C=O) groups is 1. The number of nitrogens with one attached hydrogen (secondary N) is 2. The van der Waals surface area contributed by atoms with Gasteiger partial charge >= 0.3 is 0 Å². The van der Waals surface area contributed by atoms with E-state index in [0.717, 1.165) is 34.1 Å². The van der Waals surface area contributed by atoms with Crippen LogP contribution < -0.4 is 10.9 Å². The van der Waals surface area contributed by atoms with Gasteiger partial charge in [0.2, 0.25) is 5.91 Å². The van der Waals surface area contributed by atoms with Gasteiger partial charge in [0.1, 0.15) is 11.6 Å². The zero-order valence-electron chi connectivity index (χ0n) is 19.7. The lowest BCUT2D eigenvalue weighted by Crippen LogP contribution is -2.24. The number of aromatic nitrogens is 2. The lowest BCUT2D eigenvalue weighted by Gasteiger charge is -2.19. The first kappa shape index (κ1) is 24.3. The number of nitrogens with zero attached hydrogens (tertiary/aromatic N) is 2. The molecule has 2 N–H and O–H groups in total. The molecule has 6 nitrogen and oxygen atoms in total. The van der Waals surface area contributed by atoms with Crippen molar-refractivity contribution in [1.29, 1.82) is 5.26 Å². The molecule has 0 unspecified atom stereocenters. The average molecular weight is 461 g/mol. The van der Waals surface area contributed by atoms with Crippen molar-refractivity contribution in [3.63, 3.8) is 0 Å². The summed E-state index contributed by atoms with van der Waals surface area (Å²) < 4.78 is 0. The van der Waals surface area contributed by atoms with E-state index in [4.69, 9.17) is 0 Å². The van der Waals surface area contributed by atoms with E-state index >= 15 is 0 Å². The third-order valence-corrected chi connectivity index (χ3v) is 6.33. The second kappa shape index (κ2) is 9.63. The second-order valence-corrected chi connectivity index (χ2v) is 10.4. The van der Waals surface area contributed by atoms with Gasteiger partial charge in [-0.3, -0.25) is 9.59 Å². The van der Waals surface area contributed by atoms with E-state index in [0.29, 0.717) is 11.3 Å². The minimum atomic E-state index is -0.521. The number of nitriles is 1. The van der Waals surface area contributed by atoms with E-state index < -0.39 is 10.8 Å². The fourth-order valence-corrected chi connectivity index (χ4v) is 4.07. The van der Waals surface area contributed by atoms with Gasteiger partial charge in [-0.2, -0.15) is 5.26 Å². The number of thioether (sulfide) groups is 1. The maximum absolute atomic E-state index is 12.8. The van der Waals surface area contributed by atoms with Crippen molar-refractivity contribution in [2.75, 3.05) is 5.32 Å². The van der Waals surface area contributed by atoms with Gasteiger partial charge in [-0.05, 0) is 48.9 Å². The first-order chi connectivity index (χ1) is 15.5. The molecule has 170 valence electrons. The number of aromatic amines is 1. The highest BCUT2D eigenvalue weighted by atomic mass is 32.2. The summed E-state index contributed by atoms with van der Waals surface area (Å²) >= 11 is 1.14. The fourth-order valence-electron chi connectivity index (χ4n) is 3.27. The maximum atomic E-state index is 12.8. The summed E-state index contributed by atoms with van der Waals surface area (Å²) in [6.45, 7) is 12.0. The van der Waals surface area contributed by atoms with Crippen LogP contribution >= 0.6 is 11.8 Å². The third-order valence-electron chi connectivity index (χ3n) is 5.34. The summed E-state index contributed by atoms with van der Waals surface area (Å²) in [5, 5.41) is 12.3. The molecule has 0 saturated carbocycles. The predicted octanol–water partition coefficient (Wildman–Crippen LogP) is 5.34. The minimum Gasteiger partial charge on any atom is -0.325 e. The summed E-state index contributed by atoms with van der Waals surface area (Å²) in [5.41, 5.74) is 4.33. The highest BCUT2D eigenvalue weighted by Gasteiger charge is 2.20. The van der Waals surface area contributed by atoms with E-state index in [2.05, 4.69) is 36.1 Å². The van der Waals surface area contributed by atoms with Gasteiger partial charge in [0.15, 0.2) is 5.16 Å². The number of amides is 1. The van der Waals surface area contributed by atoms with Crippen molar-refractivity contribution in [3.8, 4) is 17.3 Å². The van der Waals surface area contributed by atoms with Crippen molar-refractivity contribution >= 4 is 23.4 Å². The summed E-state index contributed by atoms with van der Waals surface area (Å²) in [6, 6.07) is 15.5. The Bertz CT molecular complexity index is 1280. The van der Waals surface area contributed by atoms with Crippen molar-refractivity contribution in [2.24, 2.45) is 0 Å². The molecule has 0 saturated heterocycles. The van der Waals surface area contributed by atoms with Gasteiger partial charge in [0.25, 0.3) is 5.56 Å². The molecule has 2 aromatic carbocycles. The van der Waals surface area contributed by atoms with Gasteiger partial charge in [-0.25, -0.2) is 4.98 Å². The Balaban J connectivity index is 1.88. The van der Waals surface area contributed by atoms with Crippen LogP contribution in [0.3, 0.4) is 0 Å². The first-order valence-corrected chi connectivity index (χ1v) is 11.6. The fraction of sp³-hybridized carbons (Fsp3) is 0.308. The Morgan fingerprint density at radius 1 is 1.15 bits per heavy atom. The summed E-state index contributed by atoms with van der Waals surface area (Å²) in [7, 11) is 0. The molecule has 3 aromatic rings. The number of hydrogen-bond donors (Lipinski definition) is 2. The molecule has 1 amide bonds. The van der Waals surface area contributed by atoms with E-state index in [1.807, 2.05) is 62.4 Å². The quantitative estimate of drug-likeness (QED) is 0.395. The molecule has 3 rings (SSSR count). The molecular weight excluding hydrogens is 432 g/mol. The van der Waals surface area contributed by atoms with Gasteiger partial charge in [-0.15, -0.1) is 0 Å². The van der Waals surface area contributed by atoms with Crippen molar-refractivity contribution in [3.05, 3.63) is 75.1 Å². The molecule has 0 fully saturated rings. The Morgan fingerprint density at radius 3 is 2.42 bits per heavy atom. The standard InChI is InChI=1S/C26H28N4O2S/c1-15-7-8-16(2)21(13-15)28-23(31)17(3)33-25-29-22(20(14-27)24(32)30-25)18-9-11-19(12-10-18)26(4,5)6/h7-13,17H,1-6H3,(H,28,31)(H,29,30,32)/t17-/m0/s1. The number of anilines is 1. The van der Waals surface area contributed by atoms with Crippen LogP contribution in [0.2, 0.25) is 0 Å². The van der Waals surface area contributed by atoms with Crippen molar-refractivity contribution in [2.45, 2.75) is 57.4 Å². The number of benzene rings is 2. The zero-order chi connectivity index (χ0) is 24.3. The maximum Gasteiger partial charge on any atom is 0.270 e. The molecule has 0 spiro atoms. The first-order valence-electron chi connectivity index (χ1n) is 10.7. The monoisotopic (exact) mass is 460 g/mol. The van der Waals surface area contributed by atoms with Crippen LogP contribution in [0, 0.1) is 25.2 Å². The van der Waals surface area contributed by atoms with Crippen molar-refractivity contribution in [1.82, 2.24) is 9.97 Å². The van der Waals surface area contributed by atoms with Gasteiger partial charge in [0, 0.05) is 11.3 Å². The van der Waals surface area contributed by atoms with E-state index in [1.165, 1.54) is 0 Å². The highest BCUT2D eigenvalue weighted by molar-refractivity contribution is 8.00. The molecule has 33 heavy (non-hydrogen) atoms. The number of rotatable bonds is 5. The molecule has 7 heteroatoms. The van der Waals surface area contributed by atoms with Crippen LogP contribution in [-0.4, -0.2) is 21.1 Å². The lowest BCUT2D eigenvalue weighted by molar-refractivity contribution is -0.115. The molecule has 1 aromatic heterocycles. The average Bonchev–Trinajstić information content (AvgIpc) is 2.75. The van der Waals surface area contributed by atoms with Crippen LogP contribution in [0.5, 0.6) is 0 Å². The highest BCUT2D eigenvalue weighted by Crippen LogP contribution is 2.28. The van der Waals surface area contributed by atoms with Crippen molar-refractivity contribution < 1.29 is 4.79 Å². The second-order valence-electron chi connectivity index (χ2n) is 9.10. The molecule has 0 aliphatic heterocycles. The SMILES string of the molecule is Cc1ccc(C)c(NC(=O)[C@H](C)Sc2nc(-c3ccc(C(C)(C)C)cc3)c(C#N)c(=O)[nH]2)c1. The van der Waals surface area contributed by atoms with Crippen LogP contribution in [0.1, 0.15) is 49.9 Å². The molecule has 1 heterocycles. The molecule has 0 aliphatic rings. The van der Waals surface area contributed by atoms with Crippen LogP contribution in [-0.2, 0) is 10.2 Å². The molecule has 0 aliphatic carbocycles. The van der Waals surface area contributed by atoms with Gasteiger partial charge < -0.3 is 10.3 Å². The Hall–Kier alpha value is -3.37. The Labute approximate surface area is 198 Å². The Kier molecular flexibility index (Phi) is 7.09. The predicted molar refractivity (Wildman–Crippen MR) is 134 cm³/mol. The Morgan fingerprint density at radius 2 is 1.82 bits per heavy atom. The largest absolute Gasteiger partial charge is 0.325 e. The van der Waals surface area contributed by atoms with Gasteiger partial charge in [-0.1, -0.05) is 68.9 Å². The smallest absolute Gasteiger partial charge is 0.270 e. The summed E-state index contributed by atoms with van der Waals surface area (Å²) in [4.78, 5) is 32.5. The lowest BCUT2D eigenvalue weighted by atomic mass is 9.86. The molecule has 0 bridgehead atoms. The molecule has 0 radical (unpaired) electrons. The van der Waals surface area contributed by atoms with Gasteiger partial charge in [0.05, 0.1) is 10.9 Å². The zero-order valence-corrected chi connectivity index (χ0v) is 20.6. The van der Waals surface area contributed by atoms with E-state index in [1.54, 1.807) is 6.92 Å². The number of carbonyl (C=O) groups excluding carboxylic acids is 1. The molecule has 1 atom stereocenters. The number of hydrogen-bond acceptors (Lipinski definition) is 5. The number of aryl methyl sites for hydroxylation is 2. The third kappa shape index (κ3) is 5.71. The number of H-pyrrole nitrogens is 1. The van der Waals surface area contributed by atoms with Crippen LogP contribution in [0.15, 0.2) is 52.4 Å². The normalized spacial score (nSPS) is 12.2. The summed E-state index contributed by atoms with van der Waals surface area (Å²) in [5.74, 6) is -0.197. The van der Waals surface area contributed by atoms with E-state index in [9.17, 15) is 14.9 Å². The minimum absolute atomic E-state index is 0.0162. The van der Waals surface area contributed by atoms with Crippen LogP contribution in [0.25, 0.3) is 11.3 Å².